The summed E-state index contributed by atoms with van der Waals surface area (Å²) in [5.74, 6) is -1.24. The van der Waals surface area contributed by atoms with Crippen molar-refractivity contribution in [3.05, 3.63) is 83.7 Å². The minimum absolute atomic E-state index is 0.0261. The second-order valence-corrected chi connectivity index (χ2v) is 16.4. The molecule has 4 atom stereocenters. The first-order valence-electron chi connectivity index (χ1n) is 16.3. The lowest BCUT2D eigenvalue weighted by Gasteiger charge is -2.35. The fraction of sp³-hybridized carbons (Fsp3) is 0.457. The lowest BCUT2D eigenvalue weighted by atomic mass is 10.0. The van der Waals surface area contributed by atoms with Gasteiger partial charge in [0.15, 0.2) is 0 Å². The van der Waals surface area contributed by atoms with E-state index in [0.717, 1.165) is 36.2 Å². The van der Waals surface area contributed by atoms with Gasteiger partial charge in [-0.25, -0.2) is 21.2 Å². The van der Waals surface area contributed by atoms with Crippen LogP contribution in [0.25, 0.3) is 0 Å². The molecule has 2 N–H and O–H groups in total. The molecule has 0 saturated carbocycles. The van der Waals surface area contributed by atoms with Gasteiger partial charge in [-0.15, -0.1) is 0 Å². The van der Waals surface area contributed by atoms with Crippen molar-refractivity contribution in [2.75, 3.05) is 38.1 Å². The number of carbonyl (C=O) groups is 1. The molecule has 0 unspecified atom stereocenters. The lowest BCUT2D eigenvalue weighted by molar-refractivity contribution is -0.00833. The average Bonchev–Trinajstić information content (AvgIpc) is 3.06. The molecule has 0 radical (unpaired) electrons. The van der Waals surface area contributed by atoms with Gasteiger partial charge in [0.05, 0.1) is 40.2 Å². The summed E-state index contributed by atoms with van der Waals surface area (Å²) in [7, 11) is -6.46. The largest absolute Gasteiger partial charge is 0.490 e. The van der Waals surface area contributed by atoms with Gasteiger partial charge in [0.1, 0.15) is 11.6 Å². The zero-order valence-corrected chi connectivity index (χ0v) is 30.1. The molecule has 3 aromatic rings. The molecule has 0 fully saturated rings. The van der Waals surface area contributed by atoms with Gasteiger partial charge in [-0.3, -0.25) is 9.52 Å². The molecule has 14 heteroatoms. The highest BCUT2D eigenvalue weighted by Gasteiger charge is 2.32. The van der Waals surface area contributed by atoms with Crippen LogP contribution in [-0.4, -0.2) is 88.7 Å². The Hall–Kier alpha value is -3.56. The molecule has 0 saturated heterocycles. The number of hydrogen-bond donors (Lipinski definition) is 2. The number of benzene rings is 3. The molecule has 49 heavy (non-hydrogen) atoms. The number of rotatable bonds is 9. The van der Waals surface area contributed by atoms with Crippen molar-refractivity contribution in [3.63, 3.8) is 0 Å². The van der Waals surface area contributed by atoms with Crippen LogP contribution in [0.3, 0.4) is 0 Å². The summed E-state index contributed by atoms with van der Waals surface area (Å²) in [6.07, 6.45) is 1.16. The Morgan fingerprint density at radius 1 is 1.00 bits per heavy atom. The van der Waals surface area contributed by atoms with Crippen molar-refractivity contribution < 1.29 is 40.6 Å². The number of ether oxygens (including phenoxy) is 2. The Bertz CT molecular complexity index is 1790. The monoisotopic (exact) mass is 719 g/mol. The molecule has 0 aromatic heterocycles. The SMILES string of the molecule is Cc1ccc(S(=O)(=O)N(C)C[C@@H]2OCCCC[C@H](C)Oc3ccc(NS(=O)(=O)c4ccc(F)cc4)cc3C(=O)N([C@@H](C)CO)C[C@@H]2C)cc1. The van der Waals surface area contributed by atoms with E-state index >= 15 is 0 Å². The second kappa shape index (κ2) is 16.4. The van der Waals surface area contributed by atoms with E-state index in [0.29, 0.717) is 19.4 Å². The Morgan fingerprint density at radius 2 is 1.65 bits per heavy atom. The Kier molecular flexibility index (Phi) is 12.8. The summed E-state index contributed by atoms with van der Waals surface area (Å²) in [4.78, 5) is 15.8. The van der Waals surface area contributed by atoms with E-state index in [-0.39, 0.29) is 58.5 Å². The third-order valence-electron chi connectivity index (χ3n) is 8.59. The number of fused-ring (bicyclic) bond motifs is 1. The predicted molar refractivity (Wildman–Crippen MR) is 185 cm³/mol. The van der Waals surface area contributed by atoms with E-state index in [2.05, 4.69) is 4.72 Å². The molecular formula is C35H46FN3O8S2. The normalized spacial score (nSPS) is 20.6. The van der Waals surface area contributed by atoms with Gasteiger partial charge in [0, 0.05) is 38.3 Å². The minimum atomic E-state index is -4.12. The number of hydrogen-bond acceptors (Lipinski definition) is 8. The number of nitrogens with one attached hydrogen (secondary N) is 1. The Balaban J connectivity index is 1.67. The van der Waals surface area contributed by atoms with Gasteiger partial charge in [0.2, 0.25) is 10.0 Å². The number of aliphatic hydroxyl groups excluding tert-OH is 1. The maximum Gasteiger partial charge on any atom is 0.261 e. The van der Waals surface area contributed by atoms with Crippen molar-refractivity contribution in [1.82, 2.24) is 9.21 Å². The standard InChI is InChI=1S/C35H46FN3O8S2/c1-24-9-14-31(15-10-24)49(44,45)38(5)22-34-25(2)21-39(26(3)23-40)35(41)32-20-29(37-48(42,43)30-16-11-28(36)12-17-30)13-18-33(32)47-27(4)8-6-7-19-46-34/h9-18,20,25-27,34,37,40H,6-8,19,21-23H2,1-5H3/t25-,26-,27-,34-/m0/s1. The zero-order valence-electron chi connectivity index (χ0n) is 28.5. The van der Waals surface area contributed by atoms with Crippen molar-refractivity contribution >= 4 is 31.6 Å². The van der Waals surface area contributed by atoms with Gasteiger partial charge >= 0.3 is 0 Å². The van der Waals surface area contributed by atoms with Crippen LogP contribution in [0.4, 0.5) is 10.1 Å². The highest BCUT2D eigenvalue weighted by molar-refractivity contribution is 7.92. The van der Waals surface area contributed by atoms with Crippen molar-refractivity contribution in [1.29, 1.82) is 0 Å². The van der Waals surface area contributed by atoms with Crippen LogP contribution in [-0.2, 0) is 24.8 Å². The first kappa shape index (κ1) is 38.2. The number of aryl methyl sites for hydroxylation is 1. The summed E-state index contributed by atoms with van der Waals surface area (Å²) in [5, 5.41) is 10.2. The second-order valence-electron chi connectivity index (χ2n) is 12.7. The molecule has 11 nitrogen and oxygen atoms in total. The van der Waals surface area contributed by atoms with E-state index in [1.54, 1.807) is 31.2 Å². The summed E-state index contributed by atoms with van der Waals surface area (Å²) in [5.41, 5.74) is 1.10. The number of amides is 1. The number of sulfonamides is 2. The van der Waals surface area contributed by atoms with Crippen LogP contribution in [0.2, 0.25) is 0 Å². The molecule has 1 amide bonds. The number of aliphatic hydroxyl groups is 1. The molecular weight excluding hydrogens is 674 g/mol. The van der Waals surface area contributed by atoms with Crippen molar-refractivity contribution in [2.24, 2.45) is 5.92 Å². The molecule has 0 aliphatic carbocycles. The summed E-state index contributed by atoms with van der Waals surface area (Å²) >= 11 is 0. The van der Waals surface area contributed by atoms with Gasteiger partial charge in [0.25, 0.3) is 15.9 Å². The van der Waals surface area contributed by atoms with Crippen LogP contribution in [0.1, 0.15) is 56.0 Å². The smallest absolute Gasteiger partial charge is 0.261 e. The number of nitrogens with zero attached hydrogens (tertiary/aromatic N) is 2. The first-order valence-corrected chi connectivity index (χ1v) is 19.2. The van der Waals surface area contributed by atoms with Crippen LogP contribution < -0.4 is 9.46 Å². The average molecular weight is 720 g/mol. The van der Waals surface area contributed by atoms with Crippen molar-refractivity contribution in [3.8, 4) is 5.75 Å². The number of halogens is 1. The quantitative estimate of drug-likeness (QED) is 0.313. The van der Waals surface area contributed by atoms with Crippen LogP contribution in [0, 0.1) is 18.7 Å². The molecule has 4 rings (SSSR count). The third-order valence-corrected chi connectivity index (χ3v) is 11.8. The predicted octanol–water partition coefficient (Wildman–Crippen LogP) is 5.05. The fourth-order valence-electron chi connectivity index (χ4n) is 5.52. The zero-order chi connectivity index (χ0) is 35.9. The topological polar surface area (TPSA) is 143 Å². The van der Waals surface area contributed by atoms with Gasteiger partial charge in [-0.1, -0.05) is 24.6 Å². The minimum Gasteiger partial charge on any atom is -0.490 e. The van der Waals surface area contributed by atoms with E-state index in [9.17, 15) is 31.1 Å². The van der Waals surface area contributed by atoms with Crippen LogP contribution in [0.15, 0.2) is 76.5 Å². The van der Waals surface area contributed by atoms with E-state index in [4.69, 9.17) is 9.47 Å². The Labute approximate surface area is 289 Å². The van der Waals surface area contributed by atoms with Crippen LogP contribution >= 0.6 is 0 Å². The van der Waals surface area contributed by atoms with Crippen LogP contribution in [0.5, 0.6) is 5.75 Å². The fourth-order valence-corrected chi connectivity index (χ4v) is 7.75. The molecule has 1 aliphatic heterocycles. The summed E-state index contributed by atoms with van der Waals surface area (Å²) in [6.45, 7) is 7.41. The van der Waals surface area contributed by atoms with Gasteiger partial charge in [-0.2, -0.15) is 4.31 Å². The maximum atomic E-state index is 14.4. The summed E-state index contributed by atoms with van der Waals surface area (Å²) in [6, 6.07) is 14.7. The lowest BCUT2D eigenvalue weighted by Crippen LogP contribution is -2.48. The molecule has 268 valence electrons. The molecule has 1 heterocycles. The number of likely N-dealkylation sites (N-methyl/N-ethyl adjacent to an activating group) is 1. The number of carbonyl (C=O) groups excluding carboxylic acids is 1. The van der Waals surface area contributed by atoms with E-state index < -0.39 is 43.9 Å². The van der Waals surface area contributed by atoms with E-state index in [1.807, 2.05) is 20.8 Å². The molecule has 3 aromatic carbocycles. The Morgan fingerprint density at radius 3 is 2.31 bits per heavy atom. The highest BCUT2D eigenvalue weighted by Crippen LogP contribution is 2.30. The molecule has 0 bridgehead atoms. The van der Waals surface area contributed by atoms with Gasteiger partial charge in [-0.05, 0) is 94.6 Å². The summed E-state index contributed by atoms with van der Waals surface area (Å²) < 4.78 is 82.8. The van der Waals surface area contributed by atoms with Gasteiger partial charge < -0.3 is 19.5 Å². The third kappa shape index (κ3) is 9.79. The first-order chi connectivity index (χ1) is 23.1. The molecule has 0 spiro atoms. The molecule has 1 aliphatic rings. The number of anilines is 1. The maximum absolute atomic E-state index is 14.4. The van der Waals surface area contributed by atoms with Crippen molar-refractivity contribution in [2.45, 2.75) is 75.0 Å². The van der Waals surface area contributed by atoms with E-state index in [1.165, 1.54) is 34.5 Å². The highest BCUT2D eigenvalue weighted by atomic mass is 32.2.